The maximum absolute atomic E-state index is 13.9. The summed E-state index contributed by atoms with van der Waals surface area (Å²) in [6, 6.07) is 14.6. The van der Waals surface area contributed by atoms with Crippen LogP contribution >= 0.6 is 0 Å². The van der Waals surface area contributed by atoms with Gasteiger partial charge in [-0.1, -0.05) is 26.0 Å². The molecule has 2 aromatic heterocycles. The standard InChI is InChI=1S/C31H32F3N7O/c1-19(2)11-20(3)37-28-13-23(25-12-21(15-35)9-10-24(25)30-39-36-18-41(30)5)14-29(38-28)40(4)16-26-22(17-42)7-6-8-27(26)31(32,33)34/h6-10,12-14,17-20H,11,16H2,1-5H3,(H,37,38)/t20-/m1/s1. The van der Waals surface area contributed by atoms with Gasteiger partial charge in [-0.25, -0.2) is 4.98 Å². The van der Waals surface area contributed by atoms with E-state index in [9.17, 15) is 23.2 Å². The van der Waals surface area contributed by atoms with Crippen molar-refractivity contribution in [3.8, 4) is 28.6 Å². The van der Waals surface area contributed by atoms with Crippen molar-refractivity contribution in [2.45, 2.75) is 46.0 Å². The lowest BCUT2D eigenvalue weighted by Gasteiger charge is -2.25. The van der Waals surface area contributed by atoms with Gasteiger partial charge in [0.15, 0.2) is 5.82 Å². The van der Waals surface area contributed by atoms with Gasteiger partial charge < -0.3 is 14.8 Å². The van der Waals surface area contributed by atoms with Gasteiger partial charge in [-0.15, -0.1) is 10.2 Å². The molecule has 0 bridgehead atoms. The number of benzene rings is 2. The average Bonchev–Trinajstić information content (AvgIpc) is 3.36. The molecule has 0 radical (unpaired) electrons. The maximum atomic E-state index is 13.9. The Morgan fingerprint density at radius 3 is 2.50 bits per heavy atom. The van der Waals surface area contributed by atoms with Crippen LogP contribution < -0.4 is 10.2 Å². The lowest BCUT2D eigenvalue weighted by Crippen LogP contribution is -2.23. The number of carbonyl (C=O) groups is 1. The quantitative estimate of drug-likeness (QED) is 0.209. The van der Waals surface area contributed by atoms with Crippen molar-refractivity contribution in [2.75, 3.05) is 17.3 Å². The fourth-order valence-electron chi connectivity index (χ4n) is 5.01. The number of aryl methyl sites for hydroxylation is 1. The summed E-state index contributed by atoms with van der Waals surface area (Å²) in [6.45, 7) is 6.06. The number of aromatic nitrogens is 4. The molecular formula is C31H32F3N7O. The van der Waals surface area contributed by atoms with Crippen LogP contribution in [0.1, 0.15) is 54.2 Å². The normalized spacial score (nSPS) is 12.2. The van der Waals surface area contributed by atoms with Crippen LogP contribution in [0.3, 0.4) is 0 Å². The number of nitrogens with zero attached hydrogens (tertiary/aromatic N) is 6. The summed E-state index contributed by atoms with van der Waals surface area (Å²) in [6.07, 6.45) is -1.76. The molecule has 8 nitrogen and oxygen atoms in total. The van der Waals surface area contributed by atoms with E-state index in [4.69, 9.17) is 4.98 Å². The van der Waals surface area contributed by atoms with Crippen LogP contribution in [0.2, 0.25) is 0 Å². The highest BCUT2D eigenvalue weighted by atomic mass is 19.4. The highest BCUT2D eigenvalue weighted by Crippen LogP contribution is 2.37. The highest BCUT2D eigenvalue weighted by molar-refractivity contribution is 5.84. The van der Waals surface area contributed by atoms with Crippen molar-refractivity contribution in [1.29, 1.82) is 5.26 Å². The molecule has 0 fully saturated rings. The molecule has 218 valence electrons. The zero-order chi connectivity index (χ0) is 30.6. The fourth-order valence-corrected chi connectivity index (χ4v) is 5.01. The third-order valence-corrected chi connectivity index (χ3v) is 6.87. The summed E-state index contributed by atoms with van der Waals surface area (Å²) in [5, 5.41) is 21.3. The highest BCUT2D eigenvalue weighted by Gasteiger charge is 2.34. The molecule has 0 saturated heterocycles. The van der Waals surface area contributed by atoms with E-state index >= 15 is 0 Å². The number of anilines is 2. The molecular weight excluding hydrogens is 543 g/mol. The van der Waals surface area contributed by atoms with Crippen LogP contribution in [0.25, 0.3) is 22.5 Å². The topological polar surface area (TPSA) is 99.7 Å². The molecule has 0 saturated carbocycles. The lowest BCUT2D eigenvalue weighted by atomic mass is 9.96. The number of alkyl halides is 3. The Bertz CT molecular complexity index is 1620. The van der Waals surface area contributed by atoms with E-state index in [1.54, 1.807) is 47.1 Å². The molecule has 42 heavy (non-hydrogen) atoms. The minimum absolute atomic E-state index is 0.0389. The molecule has 11 heteroatoms. The first-order valence-electron chi connectivity index (χ1n) is 13.4. The first-order chi connectivity index (χ1) is 19.9. The van der Waals surface area contributed by atoms with Crippen LogP contribution in [0.15, 0.2) is 54.9 Å². The molecule has 0 spiro atoms. The number of halogens is 3. The van der Waals surface area contributed by atoms with Crippen molar-refractivity contribution in [1.82, 2.24) is 19.7 Å². The Morgan fingerprint density at radius 1 is 1.12 bits per heavy atom. The lowest BCUT2D eigenvalue weighted by molar-refractivity contribution is -0.138. The predicted octanol–water partition coefficient (Wildman–Crippen LogP) is 6.73. The predicted molar refractivity (Wildman–Crippen MR) is 156 cm³/mol. The Kier molecular flexibility index (Phi) is 8.95. The monoisotopic (exact) mass is 575 g/mol. The number of pyridine rings is 1. The third kappa shape index (κ3) is 6.77. The van der Waals surface area contributed by atoms with E-state index in [2.05, 4.69) is 35.4 Å². The molecule has 1 atom stereocenters. The zero-order valence-corrected chi connectivity index (χ0v) is 24.1. The van der Waals surface area contributed by atoms with E-state index in [1.807, 2.05) is 20.0 Å². The van der Waals surface area contributed by atoms with Crippen LogP contribution in [-0.4, -0.2) is 39.1 Å². The van der Waals surface area contributed by atoms with Crippen molar-refractivity contribution >= 4 is 17.9 Å². The zero-order valence-electron chi connectivity index (χ0n) is 24.1. The van der Waals surface area contributed by atoms with Gasteiger partial charge in [-0.3, -0.25) is 4.79 Å². The molecule has 2 heterocycles. The van der Waals surface area contributed by atoms with Crippen molar-refractivity contribution < 1.29 is 18.0 Å². The number of rotatable bonds is 10. The number of carbonyl (C=O) groups excluding carboxylic acids is 1. The first kappa shape index (κ1) is 30.2. The Labute approximate surface area is 242 Å². The van der Waals surface area contributed by atoms with Gasteiger partial charge in [0.05, 0.1) is 17.2 Å². The van der Waals surface area contributed by atoms with Gasteiger partial charge in [0, 0.05) is 37.8 Å². The summed E-state index contributed by atoms with van der Waals surface area (Å²) in [7, 11) is 3.44. The van der Waals surface area contributed by atoms with Gasteiger partial charge in [0.2, 0.25) is 0 Å². The van der Waals surface area contributed by atoms with Gasteiger partial charge in [0.25, 0.3) is 0 Å². The van der Waals surface area contributed by atoms with Crippen LogP contribution in [0, 0.1) is 17.2 Å². The summed E-state index contributed by atoms with van der Waals surface area (Å²) < 4.78 is 43.5. The van der Waals surface area contributed by atoms with E-state index in [1.165, 1.54) is 12.1 Å². The third-order valence-electron chi connectivity index (χ3n) is 6.87. The van der Waals surface area contributed by atoms with Crippen molar-refractivity contribution in [2.24, 2.45) is 13.0 Å². The second-order valence-corrected chi connectivity index (χ2v) is 10.8. The van der Waals surface area contributed by atoms with Gasteiger partial charge in [0.1, 0.15) is 24.2 Å². The molecule has 0 aliphatic rings. The summed E-state index contributed by atoms with van der Waals surface area (Å²) in [5.74, 6) is 1.91. The van der Waals surface area contributed by atoms with E-state index in [0.29, 0.717) is 46.4 Å². The minimum atomic E-state index is -4.63. The Balaban J connectivity index is 1.87. The largest absolute Gasteiger partial charge is 0.416 e. The summed E-state index contributed by atoms with van der Waals surface area (Å²) >= 11 is 0. The SMILES string of the molecule is CC(C)C[C@@H](C)Nc1cc(-c2cc(C#N)ccc2-c2nncn2C)cc(N(C)Cc2c(C=O)cccc2C(F)(F)F)n1. The van der Waals surface area contributed by atoms with Gasteiger partial charge in [-0.05, 0) is 72.4 Å². The molecule has 0 unspecified atom stereocenters. The second-order valence-electron chi connectivity index (χ2n) is 10.8. The molecule has 4 aromatic rings. The molecule has 0 amide bonds. The maximum Gasteiger partial charge on any atom is 0.416 e. The minimum Gasteiger partial charge on any atom is -0.368 e. The summed E-state index contributed by atoms with van der Waals surface area (Å²) in [4.78, 5) is 18.0. The van der Waals surface area contributed by atoms with Crippen LogP contribution in [-0.2, 0) is 19.8 Å². The molecule has 1 N–H and O–H groups in total. The fraction of sp³-hybridized carbons (Fsp3) is 0.323. The van der Waals surface area contributed by atoms with E-state index in [-0.39, 0.29) is 23.7 Å². The van der Waals surface area contributed by atoms with Gasteiger partial charge in [-0.2, -0.15) is 18.4 Å². The summed E-state index contributed by atoms with van der Waals surface area (Å²) in [5.41, 5.74) is 1.48. The first-order valence-corrected chi connectivity index (χ1v) is 13.4. The van der Waals surface area contributed by atoms with Crippen molar-refractivity contribution in [3.05, 3.63) is 77.1 Å². The number of nitrogens with one attached hydrogen (secondary N) is 1. The van der Waals surface area contributed by atoms with Crippen molar-refractivity contribution in [3.63, 3.8) is 0 Å². The number of hydrogen-bond acceptors (Lipinski definition) is 7. The van der Waals surface area contributed by atoms with E-state index in [0.717, 1.165) is 18.1 Å². The van der Waals surface area contributed by atoms with Crippen LogP contribution in [0.4, 0.5) is 24.8 Å². The Morgan fingerprint density at radius 2 is 1.88 bits per heavy atom. The van der Waals surface area contributed by atoms with Gasteiger partial charge >= 0.3 is 6.18 Å². The molecule has 0 aliphatic heterocycles. The average molecular weight is 576 g/mol. The molecule has 0 aliphatic carbocycles. The number of aldehydes is 1. The molecule has 4 rings (SSSR count). The Hall–Kier alpha value is -4.72. The number of nitriles is 1. The van der Waals surface area contributed by atoms with E-state index < -0.39 is 11.7 Å². The second kappa shape index (κ2) is 12.4. The number of hydrogen-bond donors (Lipinski definition) is 1. The smallest absolute Gasteiger partial charge is 0.368 e. The molecule has 2 aromatic carbocycles. The van der Waals surface area contributed by atoms with Crippen LogP contribution in [0.5, 0.6) is 0 Å².